The molecule has 0 aliphatic carbocycles. The smallest absolute Gasteiger partial charge is 0.408 e. The van der Waals surface area contributed by atoms with E-state index in [0.29, 0.717) is 37.9 Å². The van der Waals surface area contributed by atoms with Crippen molar-refractivity contribution in [2.45, 2.75) is 44.0 Å². The summed E-state index contributed by atoms with van der Waals surface area (Å²) in [6.07, 6.45) is 1.72. The fourth-order valence-electron chi connectivity index (χ4n) is 3.42. The SMILES string of the molecule is CC(C)NC(=O)CC1CCN(S(=O)(=O)c2ccc3c(c2)oc(=O)n3C)CC1. The van der Waals surface area contributed by atoms with Gasteiger partial charge in [-0.25, -0.2) is 13.2 Å². The third kappa shape index (κ3) is 4.08. The van der Waals surface area contributed by atoms with Crippen LogP contribution in [0.1, 0.15) is 33.1 Å². The lowest BCUT2D eigenvalue weighted by Crippen LogP contribution is -2.40. The molecule has 1 aromatic carbocycles. The third-order valence-electron chi connectivity index (χ3n) is 4.90. The quantitative estimate of drug-likeness (QED) is 0.826. The number of carbonyl (C=O) groups excluding carboxylic acids is 1. The van der Waals surface area contributed by atoms with Crippen LogP contribution in [-0.4, -0.2) is 42.3 Å². The highest BCUT2D eigenvalue weighted by Gasteiger charge is 2.30. The Morgan fingerprint density at radius 1 is 1.30 bits per heavy atom. The van der Waals surface area contributed by atoms with E-state index in [4.69, 9.17) is 4.42 Å². The van der Waals surface area contributed by atoms with Crippen LogP contribution in [-0.2, 0) is 21.9 Å². The first kappa shape index (κ1) is 19.6. The summed E-state index contributed by atoms with van der Waals surface area (Å²) in [7, 11) is -2.09. The fraction of sp³-hybridized carbons (Fsp3) is 0.556. The van der Waals surface area contributed by atoms with Crippen LogP contribution >= 0.6 is 0 Å². The van der Waals surface area contributed by atoms with Gasteiger partial charge in [-0.05, 0) is 44.7 Å². The summed E-state index contributed by atoms with van der Waals surface area (Å²) < 4.78 is 33.7. The molecule has 27 heavy (non-hydrogen) atoms. The number of sulfonamides is 1. The zero-order valence-corrected chi connectivity index (χ0v) is 16.6. The Balaban J connectivity index is 1.70. The molecule has 148 valence electrons. The highest BCUT2D eigenvalue weighted by molar-refractivity contribution is 7.89. The second kappa shape index (κ2) is 7.47. The molecule has 3 rings (SSSR count). The van der Waals surface area contributed by atoms with E-state index in [9.17, 15) is 18.0 Å². The van der Waals surface area contributed by atoms with Crippen LogP contribution < -0.4 is 11.1 Å². The van der Waals surface area contributed by atoms with E-state index in [0.717, 1.165) is 0 Å². The Labute approximate surface area is 158 Å². The maximum absolute atomic E-state index is 12.9. The molecular formula is C18H25N3O5S. The molecule has 1 aliphatic heterocycles. The number of piperidine rings is 1. The van der Waals surface area contributed by atoms with Crippen molar-refractivity contribution in [1.29, 1.82) is 0 Å². The summed E-state index contributed by atoms with van der Waals surface area (Å²) in [6.45, 7) is 4.58. The predicted octanol–water partition coefficient (Wildman–Crippen LogP) is 1.45. The zero-order chi connectivity index (χ0) is 19.8. The van der Waals surface area contributed by atoms with Crippen LogP contribution in [0.5, 0.6) is 0 Å². The molecule has 1 aromatic heterocycles. The van der Waals surface area contributed by atoms with Crippen molar-refractivity contribution >= 4 is 27.0 Å². The van der Waals surface area contributed by atoms with Crippen LogP contribution in [0.2, 0.25) is 0 Å². The van der Waals surface area contributed by atoms with Gasteiger partial charge in [0.1, 0.15) is 0 Å². The van der Waals surface area contributed by atoms with E-state index >= 15 is 0 Å². The summed E-state index contributed by atoms with van der Waals surface area (Å²) in [4.78, 5) is 23.6. The molecule has 1 saturated heterocycles. The van der Waals surface area contributed by atoms with Crippen molar-refractivity contribution in [3.8, 4) is 0 Å². The van der Waals surface area contributed by atoms with Gasteiger partial charge in [0, 0.05) is 38.7 Å². The van der Waals surface area contributed by atoms with Crippen molar-refractivity contribution in [2.24, 2.45) is 13.0 Å². The second-order valence-corrected chi connectivity index (χ2v) is 9.27. The number of hydrogen-bond donors (Lipinski definition) is 1. The number of hydrogen-bond acceptors (Lipinski definition) is 5. The molecule has 0 saturated carbocycles. The molecular weight excluding hydrogens is 370 g/mol. The van der Waals surface area contributed by atoms with Crippen LogP contribution in [0, 0.1) is 5.92 Å². The molecule has 0 unspecified atom stereocenters. The number of aromatic nitrogens is 1. The number of carbonyl (C=O) groups is 1. The van der Waals surface area contributed by atoms with Gasteiger partial charge < -0.3 is 9.73 Å². The molecule has 0 bridgehead atoms. The van der Waals surface area contributed by atoms with Crippen LogP contribution in [0.25, 0.3) is 11.1 Å². The van der Waals surface area contributed by atoms with Gasteiger partial charge in [0.05, 0.1) is 10.4 Å². The van der Waals surface area contributed by atoms with Gasteiger partial charge in [0.25, 0.3) is 0 Å². The number of benzene rings is 1. The topological polar surface area (TPSA) is 102 Å². The lowest BCUT2D eigenvalue weighted by atomic mass is 9.94. The van der Waals surface area contributed by atoms with Crippen molar-refractivity contribution in [3.05, 3.63) is 28.7 Å². The standard InChI is InChI=1S/C18H25N3O5S/c1-12(2)19-17(22)10-13-6-8-21(9-7-13)27(24,25)14-4-5-15-16(11-14)26-18(23)20(15)3/h4-5,11-13H,6-10H2,1-3H3,(H,19,22). The van der Waals surface area contributed by atoms with Gasteiger partial charge in [-0.2, -0.15) is 4.31 Å². The first-order chi connectivity index (χ1) is 12.7. The number of nitrogens with zero attached hydrogens (tertiary/aromatic N) is 2. The van der Waals surface area contributed by atoms with Gasteiger partial charge in [-0.3, -0.25) is 9.36 Å². The molecule has 1 fully saturated rings. The van der Waals surface area contributed by atoms with E-state index in [1.807, 2.05) is 13.8 Å². The minimum absolute atomic E-state index is 0.0101. The van der Waals surface area contributed by atoms with Gasteiger partial charge in [0.15, 0.2) is 5.58 Å². The van der Waals surface area contributed by atoms with Gasteiger partial charge >= 0.3 is 5.76 Å². The second-order valence-electron chi connectivity index (χ2n) is 7.33. The van der Waals surface area contributed by atoms with Crippen molar-refractivity contribution in [1.82, 2.24) is 14.2 Å². The Kier molecular flexibility index (Phi) is 5.43. The Morgan fingerprint density at radius 2 is 1.96 bits per heavy atom. The minimum Gasteiger partial charge on any atom is -0.408 e. The summed E-state index contributed by atoms with van der Waals surface area (Å²) in [5, 5.41) is 2.87. The van der Waals surface area contributed by atoms with E-state index in [1.165, 1.54) is 21.0 Å². The first-order valence-electron chi connectivity index (χ1n) is 9.07. The van der Waals surface area contributed by atoms with Crippen LogP contribution in [0.4, 0.5) is 0 Å². The van der Waals surface area contributed by atoms with Crippen LogP contribution in [0.3, 0.4) is 0 Å². The molecule has 8 nitrogen and oxygen atoms in total. The molecule has 1 aliphatic rings. The van der Waals surface area contributed by atoms with Crippen molar-refractivity contribution in [2.75, 3.05) is 13.1 Å². The van der Waals surface area contributed by atoms with Crippen LogP contribution in [0.15, 0.2) is 32.3 Å². The molecule has 2 aromatic rings. The molecule has 0 radical (unpaired) electrons. The maximum Gasteiger partial charge on any atom is 0.419 e. The largest absolute Gasteiger partial charge is 0.419 e. The van der Waals surface area contributed by atoms with Crippen molar-refractivity contribution in [3.63, 3.8) is 0 Å². The number of fused-ring (bicyclic) bond motifs is 1. The number of amides is 1. The Hall–Kier alpha value is -2.13. The molecule has 2 heterocycles. The predicted molar refractivity (Wildman–Crippen MR) is 101 cm³/mol. The lowest BCUT2D eigenvalue weighted by molar-refractivity contribution is -0.122. The lowest BCUT2D eigenvalue weighted by Gasteiger charge is -2.31. The number of nitrogens with one attached hydrogen (secondary N) is 1. The number of aryl methyl sites for hydroxylation is 1. The first-order valence-corrected chi connectivity index (χ1v) is 10.5. The summed E-state index contributed by atoms with van der Waals surface area (Å²) in [5.41, 5.74) is 0.803. The van der Waals surface area contributed by atoms with Crippen molar-refractivity contribution < 1.29 is 17.6 Å². The third-order valence-corrected chi connectivity index (χ3v) is 6.79. The Morgan fingerprint density at radius 3 is 2.59 bits per heavy atom. The molecule has 0 atom stereocenters. The molecule has 0 spiro atoms. The average molecular weight is 395 g/mol. The van der Waals surface area contributed by atoms with Gasteiger partial charge in [-0.1, -0.05) is 0 Å². The summed E-state index contributed by atoms with van der Waals surface area (Å²) >= 11 is 0. The van der Waals surface area contributed by atoms with Gasteiger partial charge in [0.2, 0.25) is 15.9 Å². The molecule has 9 heteroatoms. The van der Waals surface area contributed by atoms with E-state index in [-0.39, 0.29) is 28.3 Å². The van der Waals surface area contributed by atoms with E-state index < -0.39 is 15.8 Å². The molecule has 1 amide bonds. The van der Waals surface area contributed by atoms with Gasteiger partial charge in [-0.15, -0.1) is 0 Å². The summed E-state index contributed by atoms with van der Waals surface area (Å²) in [5.74, 6) is -0.333. The minimum atomic E-state index is -3.67. The fourth-order valence-corrected chi connectivity index (χ4v) is 4.91. The highest BCUT2D eigenvalue weighted by atomic mass is 32.2. The zero-order valence-electron chi connectivity index (χ0n) is 15.8. The van der Waals surface area contributed by atoms with E-state index in [2.05, 4.69) is 5.32 Å². The summed E-state index contributed by atoms with van der Waals surface area (Å²) in [6, 6.07) is 4.57. The normalized spacial score (nSPS) is 16.9. The monoisotopic (exact) mass is 395 g/mol. The maximum atomic E-state index is 12.9. The Bertz CT molecular complexity index is 998. The van der Waals surface area contributed by atoms with E-state index in [1.54, 1.807) is 13.1 Å². The average Bonchev–Trinajstić information content (AvgIpc) is 2.88. The number of rotatable bonds is 5. The highest BCUT2D eigenvalue weighted by Crippen LogP contribution is 2.27. The number of oxazole rings is 1. The molecule has 1 N–H and O–H groups in total.